The van der Waals surface area contributed by atoms with Gasteiger partial charge < -0.3 is 15.0 Å². The van der Waals surface area contributed by atoms with Gasteiger partial charge in [-0.05, 0) is 57.7 Å². The molecule has 2 aliphatic rings. The molecule has 1 aromatic heterocycles. The number of hydrogen-bond acceptors (Lipinski definition) is 4. The Labute approximate surface area is 179 Å². The van der Waals surface area contributed by atoms with Gasteiger partial charge >= 0.3 is 0 Å². The molecule has 1 atom stereocenters. The molecule has 1 saturated heterocycles. The molecule has 6 nitrogen and oxygen atoms in total. The van der Waals surface area contributed by atoms with Crippen LogP contribution in [0, 0.1) is 6.92 Å². The summed E-state index contributed by atoms with van der Waals surface area (Å²) in [6.45, 7) is 6.19. The molecule has 0 unspecified atom stereocenters. The third-order valence-corrected chi connectivity index (χ3v) is 6.58. The average Bonchev–Trinajstić information content (AvgIpc) is 3.38. The highest BCUT2D eigenvalue weighted by molar-refractivity contribution is 5.94. The second kappa shape index (κ2) is 9.21. The number of nitrogens with zero attached hydrogens (tertiary/aromatic N) is 3. The van der Waals surface area contributed by atoms with Crippen molar-refractivity contribution in [1.29, 1.82) is 0 Å². The fourth-order valence-electron chi connectivity index (χ4n) is 4.93. The predicted octanol–water partition coefficient (Wildman–Crippen LogP) is 4.01. The largest absolute Gasteiger partial charge is 0.490 e. The molecule has 2 aromatic rings. The zero-order valence-electron chi connectivity index (χ0n) is 18.4. The van der Waals surface area contributed by atoms with Crippen LogP contribution in [0.1, 0.15) is 73.1 Å². The van der Waals surface area contributed by atoms with Gasteiger partial charge in [0.2, 0.25) is 0 Å². The van der Waals surface area contributed by atoms with E-state index in [1.54, 1.807) is 4.68 Å². The number of carbonyl (C=O) groups excluding carboxylic acids is 1. The number of aryl methyl sites for hydroxylation is 2. The second-order valence-electron chi connectivity index (χ2n) is 8.86. The van der Waals surface area contributed by atoms with Gasteiger partial charge in [-0.3, -0.25) is 9.48 Å². The lowest BCUT2D eigenvalue weighted by Crippen LogP contribution is -2.43. The molecule has 0 radical (unpaired) electrons. The molecule has 4 rings (SSSR count). The summed E-state index contributed by atoms with van der Waals surface area (Å²) in [6, 6.07) is 8.25. The Hall–Kier alpha value is -2.34. The summed E-state index contributed by atoms with van der Waals surface area (Å²) in [4.78, 5) is 15.4. The molecule has 2 heterocycles. The summed E-state index contributed by atoms with van der Waals surface area (Å²) in [7, 11) is 1.89. The van der Waals surface area contributed by atoms with Crippen molar-refractivity contribution in [3.05, 3.63) is 47.3 Å². The van der Waals surface area contributed by atoms with Crippen LogP contribution in [0.3, 0.4) is 0 Å². The van der Waals surface area contributed by atoms with Crippen LogP contribution < -0.4 is 10.1 Å². The summed E-state index contributed by atoms with van der Waals surface area (Å²) in [5.41, 5.74) is 2.60. The van der Waals surface area contributed by atoms with E-state index in [4.69, 9.17) is 4.74 Å². The van der Waals surface area contributed by atoms with Crippen LogP contribution in [-0.4, -0.2) is 45.8 Å². The Bertz CT molecular complexity index is 864. The molecule has 30 heavy (non-hydrogen) atoms. The number of ether oxygens (including phenoxy) is 1. The van der Waals surface area contributed by atoms with E-state index in [1.807, 2.05) is 51.4 Å². The van der Waals surface area contributed by atoms with E-state index in [0.29, 0.717) is 5.56 Å². The molecule has 2 fully saturated rings. The first kappa shape index (κ1) is 20.9. The smallest absolute Gasteiger partial charge is 0.251 e. The van der Waals surface area contributed by atoms with E-state index >= 15 is 0 Å². The molecular weight excluding hydrogens is 376 g/mol. The maximum absolute atomic E-state index is 12.8. The van der Waals surface area contributed by atoms with Crippen LogP contribution in [-0.2, 0) is 7.05 Å². The van der Waals surface area contributed by atoms with Gasteiger partial charge in [-0.1, -0.05) is 18.9 Å². The summed E-state index contributed by atoms with van der Waals surface area (Å²) >= 11 is 0. The Morgan fingerprint density at radius 2 is 1.93 bits per heavy atom. The van der Waals surface area contributed by atoms with Gasteiger partial charge in [-0.25, -0.2) is 0 Å². The van der Waals surface area contributed by atoms with Crippen molar-refractivity contribution in [2.75, 3.05) is 13.1 Å². The third kappa shape index (κ3) is 4.86. The van der Waals surface area contributed by atoms with Crippen molar-refractivity contribution in [2.45, 2.75) is 70.6 Å². The number of aromatic nitrogens is 2. The first-order chi connectivity index (χ1) is 14.5. The minimum absolute atomic E-state index is 0.0905. The van der Waals surface area contributed by atoms with Crippen LogP contribution in [0.5, 0.6) is 5.75 Å². The van der Waals surface area contributed by atoms with Crippen LogP contribution in [0.25, 0.3) is 0 Å². The van der Waals surface area contributed by atoms with Crippen molar-refractivity contribution in [2.24, 2.45) is 7.05 Å². The summed E-state index contributed by atoms with van der Waals surface area (Å²) < 4.78 is 8.03. The summed E-state index contributed by atoms with van der Waals surface area (Å²) in [6.07, 6.45) is 9.80. The van der Waals surface area contributed by atoms with Gasteiger partial charge in [0, 0.05) is 43.5 Å². The minimum Gasteiger partial charge on any atom is -0.490 e. The molecule has 1 saturated carbocycles. The maximum atomic E-state index is 12.8. The quantitative estimate of drug-likeness (QED) is 0.782. The van der Waals surface area contributed by atoms with Crippen LogP contribution in [0.15, 0.2) is 30.5 Å². The first-order valence-corrected chi connectivity index (χ1v) is 11.3. The fourth-order valence-corrected chi connectivity index (χ4v) is 4.93. The van der Waals surface area contributed by atoms with Gasteiger partial charge in [0.1, 0.15) is 11.9 Å². The Balaban J connectivity index is 1.32. The van der Waals surface area contributed by atoms with Gasteiger partial charge in [-0.2, -0.15) is 5.10 Å². The average molecular weight is 411 g/mol. The monoisotopic (exact) mass is 410 g/mol. The van der Waals surface area contributed by atoms with Gasteiger partial charge in [0.25, 0.3) is 5.91 Å². The Kier molecular flexibility index (Phi) is 6.42. The normalized spacial score (nSPS) is 19.7. The standard InChI is InChI=1S/C24H34N4O2/c1-17(23-16-27(3)26-18(23)2)25-24(29)19-7-6-10-22(15-19)30-21-11-13-28(14-12-21)20-8-4-5-9-20/h6-7,10,15-17,20-21H,4-5,8-9,11-14H2,1-3H3,(H,25,29)/t17-/m0/s1. The first-order valence-electron chi connectivity index (χ1n) is 11.3. The highest BCUT2D eigenvalue weighted by Crippen LogP contribution is 2.28. The van der Waals surface area contributed by atoms with E-state index in [1.165, 1.54) is 25.7 Å². The third-order valence-electron chi connectivity index (χ3n) is 6.58. The molecule has 1 amide bonds. The van der Waals surface area contributed by atoms with E-state index in [2.05, 4.69) is 15.3 Å². The van der Waals surface area contributed by atoms with Gasteiger partial charge in [-0.15, -0.1) is 0 Å². The molecule has 6 heteroatoms. The van der Waals surface area contributed by atoms with Crippen LogP contribution >= 0.6 is 0 Å². The van der Waals surface area contributed by atoms with Crippen molar-refractivity contribution >= 4 is 5.91 Å². The lowest BCUT2D eigenvalue weighted by atomic mass is 10.0. The van der Waals surface area contributed by atoms with Crippen molar-refractivity contribution < 1.29 is 9.53 Å². The molecule has 1 aliphatic heterocycles. The van der Waals surface area contributed by atoms with Crippen LogP contribution in [0.2, 0.25) is 0 Å². The lowest BCUT2D eigenvalue weighted by Gasteiger charge is -2.36. The second-order valence-corrected chi connectivity index (χ2v) is 8.86. The molecule has 1 aromatic carbocycles. The number of amides is 1. The molecule has 0 spiro atoms. The molecule has 0 bridgehead atoms. The highest BCUT2D eigenvalue weighted by atomic mass is 16.5. The molecule has 1 N–H and O–H groups in total. The predicted molar refractivity (Wildman–Crippen MR) is 118 cm³/mol. The number of likely N-dealkylation sites (tertiary alicyclic amines) is 1. The minimum atomic E-state index is -0.101. The molecule has 1 aliphatic carbocycles. The van der Waals surface area contributed by atoms with Gasteiger partial charge in [0.05, 0.1) is 11.7 Å². The van der Waals surface area contributed by atoms with E-state index in [9.17, 15) is 4.79 Å². The summed E-state index contributed by atoms with van der Waals surface area (Å²) in [5.74, 6) is 0.694. The highest BCUT2D eigenvalue weighted by Gasteiger charge is 2.28. The topological polar surface area (TPSA) is 59.4 Å². The van der Waals surface area contributed by atoms with Crippen molar-refractivity contribution in [1.82, 2.24) is 20.0 Å². The number of rotatable bonds is 6. The molecule has 162 valence electrons. The summed E-state index contributed by atoms with van der Waals surface area (Å²) in [5, 5.41) is 7.44. The fraction of sp³-hybridized carbons (Fsp3) is 0.583. The zero-order chi connectivity index (χ0) is 21.1. The van der Waals surface area contributed by atoms with Crippen molar-refractivity contribution in [3.63, 3.8) is 0 Å². The number of benzene rings is 1. The van der Waals surface area contributed by atoms with Crippen molar-refractivity contribution in [3.8, 4) is 5.75 Å². The van der Waals surface area contributed by atoms with Crippen LogP contribution in [0.4, 0.5) is 0 Å². The Morgan fingerprint density at radius 1 is 1.20 bits per heavy atom. The van der Waals surface area contributed by atoms with E-state index < -0.39 is 0 Å². The number of piperidine rings is 1. The van der Waals surface area contributed by atoms with E-state index in [0.717, 1.165) is 49.0 Å². The lowest BCUT2D eigenvalue weighted by molar-refractivity contribution is 0.0765. The SMILES string of the molecule is Cc1nn(C)cc1[C@H](C)NC(=O)c1cccc(OC2CCN(C3CCCC3)CC2)c1. The number of hydrogen-bond donors (Lipinski definition) is 1. The maximum Gasteiger partial charge on any atom is 0.251 e. The number of carbonyl (C=O) groups is 1. The molecular formula is C24H34N4O2. The van der Waals surface area contributed by atoms with E-state index in [-0.39, 0.29) is 18.1 Å². The van der Waals surface area contributed by atoms with Gasteiger partial charge in [0.15, 0.2) is 0 Å². The number of nitrogens with one attached hydrogen (secondary N) is 1. The Morgan fingerprint density at radius 3 is 2.60 bits per heavy atom. The zero-order valence-corrected chi connectivity index (χ0v) is 18.4.